The molecular weight excluding hydrogens is 498 g/mol. The molecule has 1 saturated carbocycles. The largest absolute Gasteiger partial charge is 0.394 e. The van der Waals surface area contributed by atoms with E-state index in [1.165, 1.54) is 6.07 Å². The first-order valence-electron chi connectivity index (χ1n) is 10.9. The highest BCUT2D eigenvalue weighted by atomic mass is 19.4. The molecule has 0 atom stereocenters. The van der Waals surface area contributed by atoms with E-state index in [0.717, 1.165) is 33.8 Å². The van der Waals surface area contributed by atoms with Crippen LogP contribution in [0.1, 0.15) is 24.8 Å². The number of alkyl halides is 5. The van der Waals surface area contributed by atoms with E-state index >= 15 is 0 Å². The van der Waals surface area contributed by atoms with Crippen LogP contribution in [0.15, 0.2) is 36.7 Å². The molecule has 5 rings (SSSR count). The zero-order valence-electron chi connectivity index (χ0n) is 18.3. The van der Waals surface area contributed by atoms with E-state index < -0.39 is 42.0 Å². The van der Waals surface area contributed by atoms with Gasteiger partial charge in [0.25, 0.3) is 12.2 Å². The highest BCUT2D eigenvalue weighted by Gasteiger charge is 2.62. The second-order valence-electron chi connectivity index (χ2n) is 8.82. The topological polar surface area (TPSA) is 46.3 Å². The molecule has 0 spiro atoms. The van der Waals surface area contributed by atoms with Crippen LogP contribution in [0.4, 0.5) is 46.6 Å². The van der Waals surface area contributed by atoms with Gasteiger partial charge in [0.2, 0.25) is 0 Å². The van der Waals surface area contributed by atoms with Crippen molar-refractivity contribution in [3.63, 3.8) is 0 Å². The highest BCUT2D eigenvalue weighted by molar-refractivity contribution is 5.94. The number of fused-ring (bicyclic) bond motifs is 3. The molecule has 0 N–H and O–H groups in total. The Morgan fingerprint density at radius 1 is 1.00 bits per heavy atom. The number of aromatic nitrogens is 4. The number of hydrogen-bond donors (Lipinski definition) is 0. The van der Waals surface area contributed by atoms with Gasteiger partial charge >= 0.3 is 6.18 Å². The van der Waals surface area contributed by atoms with E-state index in [-0.39, 0.29) is 59.4 Å². The Morgan fingerprint density at radius 3 is 2.39 bits per heavy atom. The lowest BCUT2D eigenvalue weighted by Gasteiger charge is -2.26. The van der Waals surface area contributed by atoms with Crippen molar-refractivity contribution in [1.29, 1.82) is 0 Å². The molecule has 2 heterocycles. The minimum atomic E-state index is -4.39. The summed E-state index contributed by atoms with van der Waals surface area (Å²) in [6, 6.07) is 4.69. The molecule has 2 aromatic heterocycles. The third-order valence-corrected chi connectivity index (χ3v) is 6.42. The van der Waals surface area contributed by atoms with Crippen LogP contribution < -0.4 is 4.90 Å². The molecule has 4 aromatic rings. The van der Waals surface area contributed by atoms with Crippen LogP contribution in [-0.4, -0.2) is 38.7 Å². The summed E-state index contributed by atoms with van der Waals surface area (Å²) in [6.07, 6.45) is -6.74. The zero-order chi connectivity index (χ0) is 25.8. The fourth-order valence-electron chi connectivity index (χ4n) is 4.40. The van der Waals surface area contributed by atoms with E-state index in [1.54, 1.807) is 0 Å². The van der Waals surface area contributed by atoms with Gasteiger partial charge in [-0.3, -0.25) is 4.40 Å². The molecule has 0 aliphatic heterocycles. The van der Waals surface area contributed by atoms with Crippen molar-refractivity contribution in [2.45, 2.75) is 38.3 Å². The molecule has 36 heavy (non-hydrogen) atoms. The minimum absolute atomic E-state index is 0.0262. The fourth-order valence-corrected chi connectivity index (χ4v) is 4.40. The Hall–Kier alpha value is -3.51. The highest BCUT2D eigenvalue weighted by Crippen LogP contribution is 2.60. The summed E-state index contributed by atoms with van der Waals surface area (Å²) in [6.45, 7) is -1.04. The molecule has 0 amide bonds. The Bertz CT molecular complexity index is 1440. The van der Waals surface area contributed by atoms with Crippen molar-refractivity contribution in [3.05, 3.63) is 59.7 Å². The summed E-state index contributed by atoms with van der Waals surface area (Å²) in [5, 5.41) is 7.13. The molecule has 190 valence electrons. The van der Waals surface area contributed by atoms with Gasteiger partial charge in [-0.05, 0) is 55.5 Å². The molecule has 5 nitrogen and oxygen atoms in total. The number of hydrogen-bond acceptors (Lipinski definition) is 4. The molecule has 1 fully saturated rings. The summed E-state index contributed by atoms with van der Waals surface area (Å²) < 4.78 is 112. The Kier molecular flexibility index (Phi) is 5.75. The van der Waals surface area contributed by atoms with Gasteiger partial charge in [0.15, 0.2) is 5.82 Å². The maximum atomic E-state index is 14.7. The third-order valence-electron chi connectivity index (χ3n) is 6.42. The smallest absolute Gasteiger partial charge is 0.320 e. The first kappa shape index (κ1) is 24.2. The van der Waals surface area contributed by atoms with Crippen molar-refractivity contribution < 1.29 is 35.1 Å². The lowest BCUT2D eigenvalue weighted by molar-refractivity contribution is -0.188. The molecule has 2 aromatic carbocycles. The molecule has 1 aliphatic carbocycles. The monoisotopic (exact) mass is 515 g/mol. The van der Waals surface area contributed by atoms with Gasteiger partial charge in [0.1, 0.15) is 23.8 Å². The van der Waals surface area contributed by atoms with Crippen LogP contribution in [0.3, 0.4) is 0 Å². The molecule has 0 bridgehead atoms. The fraction of sp³-hybridized carbons (Fsp3) is 0.348. The van der Waals surface area contributed by atoms with Gasteiger partial charge in [0.05, 0.1) is 17.5 Å². The Morgan fingerprint density at radius 2 is 1.72 bits per heavy atom. The van der Waals surface area contributed by atoms with Gasteiger partial charge in [-0.2, -0.15) is 18.2 Å². The van der Waals surface area contributed by atoms with Crippen molar-refractivity contribution in [3.8, 4) is 0 Å². The van der Waals surface area contributed by atoms with Crippen molar-refractivity contribution in [2.75, 3.05) is 11.4 Å². The second kappa shape index (κ2) is 8.56. The van der Waals surface area contributed by atoms with Crippen LogP contribution in [0.5, 0.6) is 0 Å². The maximum Gasteiger partial charge on any atom is 0.394 e. The number of halogens is 8. The molecule has 1 aliphatic rings. The van der Waals surface area contributed by atoms with E-state index in [4.69, 9.17) is 0 Å². The number of aryl methyl sites for hydroxylation is 1. The zero-order valence-corrected chi connectivity index (χ0v) is 18.3. The number of anilines is 2. The van der Waals surface area contributed by atoms with Crippen molar-refractivity contribution >= 4 is 28.2 Å². The third kappa shape index (κ3) is 4.30. The molecule has 13 heteroatoms. The number of rotatable bonds is 7. The number of nitrogens with zero attached hydrogens (tertiary/aromatic N) is 5. The molecule has 0 saturated heterocycles. The summed E-state index contributed by atoms with van der Waals surface area (Å²) in [7, 11) is 0. The SMILES string of the molecule is Fc1cc(CCC2(C(F)(F)F)CC2)cc(N(CC(F)F)c2nc3nncn3c3c(F)cc(F)cc23)c1. The van der Waals surface area contributed by atoms with E-state index in [0.29, 0.717) is 6.07 Å². The van der Waals surface area contributed by atoms with Gasteiger partial charge < -0.3 is 4.90 Å². The number of benzene rings is 2. The Balaban J connectivity index is 1.62. The standard InChI is InChI=1S/C23H17F8N5/c24-13-5-12(1-2-22(3-4-22)23(29,30)31)6-15(7-13)35(10-18(27)28)20-16-8-14(25)9-17(26)19(16)36-11-32-34-21(36)33-20/h5-9,11,18H,1-4,10H2. The lowest BCUT2D eigenvalue weighted by Crippen LogP contribution is -2.26. The van der Waals surface area contributed by atoms with Crippen LogP contribution in [-0.2, 0) is 6.42 Å². The van der Waals surface area contributed by atoms with Crippen molar-refractivity contribution in [1.82, 2.24) is 19.6 Å². The summed E-state index contributed by atoms with van der Waals surface area (Å²) in [5.41, 5.74) is -2.07. The van der Waals surface area contributed by atoms with Crippen LogP contribution in [0.25, 0.3) is 16.7 Å². The van der Waals surface area contributed by atoms with Gasteiger partial charge in [0, 0.05) is 17.1 Å². The van der Waals surface area contributed by atoms with E-state index in [9.17, 15) is 35.1 Å². The average molecular weight is 515 g/mol. The predicted molar refractivity (Wildman–Crippen MR) is 114 cm³/mol. The first-order valence-corrected chi connectivity index (χ1v) is 10.9. The van der Waals surface area contributed by atoms with Gasteiger partial charge in [-0.1, -0.05) is 0 Å². The average Bonchev–Trinajstić information content (AvgIpc) is 3.45. The lowest BCUT2D eigenvalue weighted by atomic mass is 9.96. The first-order chi connectivity index (χ1) is 17.0. The summed E-state index contributed by atoms with van der Waals surface area (Å²) >= 11 is 0. The second-order valence-corrected chi connectivity index (χ2v) is 8.82. The van der Waals surface area contributed by atoms with Gasteiger partial charge in [-0.25, -0.2) is 22.0 Å². The van der Waals surface area contributed by atoms with Crippen LogP contribution in [0, 0.1) is 22.9 Å². The predicted octanol–water partition coefficient (Wildman–Crippen LogP) is 6.37. The quantitative estimate of drug-likeness (QED) is 0.268. The molecular formula is C23H17F8N5. The summed E-state index contributed by atoms with van der Waals surface area (Å²) in [4.78, 5) is 5.00. The minimum Gasteiger partial charge on any atom is -0.320 e. The normalized spacial score (nSPS) is 15.2. The Labute approximate surface area is 198 Å². The van der Waals surface area contributed by atoms with E-state index in [1.807, 2.05) is 0 Å². The van der Waals surface area contributed by atoms with Crippen molar-refractivity contribution in [2.24, 2.45) is 5.41 Å². The van der Waals surface area contributed by atoms with Crippen LogP contribution >= 0.6 is 0 Å². The van der Waals surface area contributed by atoms with Crippen LogP contribution in [0.2, 0.25) is 0 Å². The summed E-state index contributed by atoms with van der Waals surface area (Å²) in [5.74, 6) is -3.43. The molecule has 0 unspecified atom stereocenters. The maximum absolute atomic E-state index is 14.7. The molecule has 0 radical (unpaired) electrons. The van der Waals surface area contributed by atoms with Gasteiger partial charge in [-0.15, -0.1) is 10.2 Å². The van der Waals surface area contributed by atoms with E-state index in [2.05, 4.69) is 15.2 Å².